The molecule has 262 valence electrons. The lowest BCUT2D eigenvalue weighted by Crippen LogP contribution is -2.32. The first kappa shape index (κ1) is 32.0. The normalized spacial score (nSPS) is 12.9. The number of pyridine rings is 1. The lowest BCUT2D eigenvalue weighted by molar-refractivity contribution is 0.436. The van der Waals surface area contributed by atoms with Gasteiger partial charge in [0.25, 0.3) is 0 Å². The van der Waals surface area contributed by atoms with Crippen LogP contribution < -0.4 is 4.74 Å². The molecule has 0 N–H and O–H groups in total. The smallest absolute Gasteiger partial charge is 0.160 e. The van der Waals surface area contributed by atoms with E-state index in [0.717, 1.165) is 73.0 Å². The number of ether oxygens (including phenoxy) is 1. The number of hydrogen-bond donors (Lipinski definition) is 0. The highest BCUT2D eigenvalue weighted by atomic mass is 16.5. The lowest BCUT2D eigenvalue weighted by atomic mass is 9.65. The van der Waals surface area contributed by atoms with Crippen molar-refractivity contribution in [3.05, 3.63) is 223 Å². The summed E-state index contributed by atoms with van der Waals surface area (Å²) in [6.07, 6.45) is 3.68. The molecule has 2 aliphatic rings. The number of hydrogen-bond acceptors (Lipinski definition) is 4. The molecule has 3 heterocycles. The summed E-state index contributed by atoms with van der Waals surface area (Å²) in [5.74, 6) is 2.42. The summed E-state index contributed by atoms with van der Waals surface area (Å²) >= 11 is 0. The molecule has 7 aromatic carbocycles. The van der Waals surface area contributed by atoms with Crippen LogP contribution in [0.2, 0.25) is 0 Å². The van der Waals surface area contributed by atoms with Crippen molar-refractivity contribution in [2.75, 3.05) is 0 Å². The summed E-state index contributed by atoms with van der Waals surface area (Å²) in [6, 6.07) is 66.5. The highest BCUT2D eigenvalue weighted by molar-refractivity contribution is 5.92. The second-order valence-corrected chi connectivity index (χ2v) is 14.4. The Bertz CT molecular complexity index is 2820. The van der Waals surface area contributed by atoms with E-state index in [1.165, 1.54) is 22.3 Å². The molecule has 0 amide bonds. The molecule has 0 unspecified atom stereocenters. The Morgan fingerprint density at radius 3 is 1.43 bits per heavy atom. The summed E-state index contributed by atoms with van der Waals surface area (Å²) < 4.78 is 6.68. The third kappa shape index (κ3) is 5.04. The van der Waals surface area contributed by atoms with E-state index < -0.39 is 5.41 Å². The fourth-order valence-electron chi connectivity index (χ4n) is 8.71. The van der Waals surface area contributed by atoms with Crippen LogP contribution in [0.4, 0.5) is 0 Å². The Kier molecular flexibility index (Phi) is 7.36. The van der Waals surface area contributed by atoms with E-state index in [0.29, 0.717) is 5.82 Å². The van der Waals surface area contributed by atoms with Crippen LogP contribution >= 0.6 is 0 Å². The van der Waals surface area contributed by atoms with Crippen LogP contribution in [-0.4, -0.2) is 15.0 Å². The summed E-state index contributed by atoms with van der Waals surface area (Å²) in [7, 11) is 0. The topological polar surface area (TPSA) is 47.9 Å². The van der Waals surface area contributed by atoms with E-state index in [1.54, 1.807) is 0 Å². The van der Waals surface area contributed by atoms with E-state index in [9.17, 15) is 0 Å². The molecule has 0 radical (unpaired) electrons. The first-order chi connectivity index (χ1) is 27.7. The number of nitrogens with zero attached hydrogens (tertiary/aromatic N) is 3. The molecular formula is C52H33N3O. The number of rotatable bonds is 5. The lowest BCUT2D eigenvalue weighted by Gasteiger charge is -2.39. The highest BCUT2D eigenvalue weighted by Gasteiger charge is 2.51. The van der Waals surface area contributed by atoms with Crippen LogP contribution in [0.15, 0.2) is 200 Å². The third-order valence-corrected chi connectivity index (χ3v) is 11.3. The molecule has 1 spiro atoms. The fraction of sp³-hybridized carbons (Fsp3) is 0.0192. The van der Waals surface area contributed by atoms with Crippen molar-refractivity contribution in [1.29, 1.82) is 0 Å². The van der Waals surface area contributed by atoms with Gasteiger partial charge in [-0.05, 0) is 87.0 Å². The minimum absolute atomic E-state index is 0.642. The van der Waals surface area contributed by atoms with E-state index in [1.807, 2.05) is 48.8 Å². The van der Waals surface area contributed by atoms with Crippen molar-refractivity contribution in [3.8, 4) is 78.8 Å². The average Bonchev–Trinajstić information content (AvgIpc) is 3.56. The molecule has 11 rings (SSSR count). The zero-order valence-electron chi connectivity index (χ0n) is 30.3. The number of benzene rings is 7. The predicted molar refractivity (Wildman–Crippen MR) is 224 cm³/mol. The van der Waals surface area contributed by atoms with Gasteiger partial charge < -0.3 is 4.74 Å². The van der Waals surface area contributed by atoms with E-state index in [4.69, 9.17) is 14.7 Å². The Labute approximate surface area is 325 Å². The maximum atomic E-state index is 6.68. The second-order valence-electron chi connectivity index (χ2n) is 14.4. The zero-order valence-corrected chi connectivity index (χ0v) is 30.3. The Morgan fingerprint density at radius 2 is 0.804 bits per heavy atom. The van der Waals surface area contributed by atoms with Gasteiger partial charge >= 0.3 is 0 Å². The molecule has 0 saturated carbocycles. The molecular weight excluding hydrogens is 683 g/mol. The van der Waals surface area contributed by atoms with Gasteiger partial charge in [-0.1, -0.05) is 146 Å². The van der Waals surface area contributed by atoms with E-state index >= 15 is 0 Å². The Balaban J connectivity index is 1.14. The van der Waals surface area contributed by atoms with E-state index in [2.05, 4.69) is 157 Å². The van der Waals surface area contributed by atoms with Crippen molar-refractivity contribution in [3.63, 3.8) is 0 Å². The number of aromatic nitrogens is 3. The molecule has 0 atom stereocenters. The summed E-state index contributed by atoms with van der Waals surface area (Å²) in [6.45, 7) is 0. The minimum atomic E-state index is -0.642. The molecule has 1 aliphatic carbocycles. The first-order valence-corrected chi connectivity index (χ1v) is 18.9. The molecule has 9 aromatic rings. The molecule has 4 heteroatoms. The second kappa shape index (κ2) is 12.9. The number of para-hydroxylation sites is 2. The zero-order chi connectivity index (χ0) is 37.1. The van der Waals surface area contributed by atoms with Crippen LogP contribution in [-0.2, 0) is 5.41 Å². The molecule has 4 nitrogen and oxygen atoms in total. The maximum absolute atomic E-state index is 6.68. The van der Waals surface area contributed by atoms with E-state index in [-0.39, 0.29) is 0 Å². The Hall–Kier alpha value is -7.43. The predicted octanol–water partition coefficient (Wildman–Crippen LogP) is 12.7. The number of fused-ring (bicyclic) bond motifs is 9. The molecule has 1 aliphatic heterocycles. The summed E-state index contributed by atoms with van der Waals surface area (Å²) in [4.78, 5) is 14.5. The third-order valence-electron chi connectivity index (χ3n) is 11.3. The van der Waals surface area contributed by atoms with Gasteiger partial charge in [0.2, 0.25) is 0 Å². The first-order valence-electron chi connectivity index (χ1n) is 18.9. The van der Waals surface area contributed by atoms with Gasteiger partial charge in [0.15, 0.2) is 5.82 Å². The van der Waals surface area contributed by atoms with Crippen molar-refractivity contribution in [2.24, 2.45) is 0 Å². The molecule has 2 aromatic heterocycles. The van der Waals surface area contributed by atoms with Gasteiger partial charge in [-0.25, -0.2) is 9.97 Å². The molecule has 0 bridgehead atoms. The van der Waals surface area contributed by atoms with Gasteiger partial charge in [0.05, 0.1) is 16.8 Å². The molecule has 0 saturated heterocycles. The van der Waals surface area contributed by atoms with Gasteiger partial charge in [-0.3, -0.25) is 4.98 Å². The van der Waals surface area contributed by atoms with Gasteiger partial charge in [0, 0.05) is 40.2 Å². The van der Waals surface area contributed by atoms with Crippen LogP contribution in [0, 0.1) is 0 Å². The monoisotopic (exact) mass is 715 g/mol. The summed E-state index contributed by atoms with van der Waals surface area (Å²) in [5, 5.41) is 0. The van der Waals surface area contributed by atoms with Crippen LogP contribution in [0.1, 0.15) is 22.3 Å². The standard InChI is InChI=1S/C52H33N3O/c1-3-11-37(12-4-1)47-33-48(55-51(54-47)38-13-5-2-6-14-38)40-24-26-42-41-25-23-39(35-21-19-34(20-22-35)36-27-29-53-30-28-36)31-45(41)52(46(42)32-40)43-15-7-9-17-49(43)56-50-18-10-8-16-44(50)52/h1-33H. The van der Waals surface area contributed by atoms with Crippen LogP contribution in [0.5, 0.6) is 11.5 Å². The largest absolute Gasteiger partial charge is 0.457 e. The van der Waals surface area contributed by atoms with Gasteiger partial charge in [-0.2, -0.15) is 0 Å². The van der Waals surface area contributed by atoms with Crippen molar-refractivity contribution >= 4 is 0 Å². The average molecular weight is 716 g/mol. The quantitative estimate of drug-likeness (QED) is 0.178. The molecule has 0 fully saturated rings. The highest BCUT2D eigenvalue weighted by Crippen LogP contribution is 2.62. The van der Waals surface area contributed by atoms with Crippen molar-refractivity contribution in [1.82, 2.24) is 15.0 Å². The van der Waals surface area contributed by atoms with Gasteiger partial charge in [0.1, 0.15) is 11.5 Å². The maximum Gasteiger partial charge on any atom is 0.160 e. The Morgan fingerprint density at radius 1 is 0.339 bits per heavy atom. The minimum Gasteiger partial charge on any atom is -0.457 e. The summed E-state index contributed by atoms with van der Waals surface area (Å²) in [5.41, 5.74) is 15.9. The molecule has 56 heavy (non-hydrogen) atoms. The van der Waals surface area contributed by atoms with Crippen LogP contribution in [0.3, 0.4) is 0 Å². The van der Waals surface area contributed by atoms with Gasteiger partial charge in [-0.15, -0.1) is 0 Å². The van der Waals surface area contributed by atoms with Crippen molar-refractivity contribution < 1.29 is 4.74 Å². The fourth-order valence-corrected chi connectivity index (χ4v) is 8.71. The van der Waals surface area contributed by atoms with Crippen LogP contribution in [0.25, 0.3) is 67.3 Å². The SMILES string of the molecule is c1ccc(-c2cc(-c3ccc4c(c3)C3(c5ccccc5Oc5ccccc53)c3cc(-c5ccc(-c6ccncc6)cc5)ccc3-4)nc(-c3ccccc3)n2)cc1. The van der Waals surface area contributed by atoms with Crippen molar-refractivity contribution in [2.45, 2.75) is 5.41 Å².